The molecule has 2 rings (SSSR count). The summed E-state index contributed by atoms with van der Waals surface area (Å²) in [5.74, 6) is 2.18. The normalized spacial score (nSPS) is 15.3. The maximum atomic E-state index is 12.4. The summed E-state index contributed by atoms with van der Waals surface area (Å²) in [6.07, 6.45) is 0. The molecule has 0 spiro atoms. The van der Waals surface area contributed by atoms with Crippen molar-refractivity contribution in [3.05, 3.63) is 23.8 Å². The zero-order valence-electron chi connectivity index (χ0n) is 13.6. The molecule has 1 aliphatic rings. The van der Waals surface area contributed by atoms with Crippen molar-refractivity contribution >= 4 is 18.3 Å². The first kappa shape index (κ1) is 18.6. The molecule has 1 amide bonds. The van der Waals surface area contributed by atoms with Crippen LogP contribution in [0.5, 0.6) is 11.5 Å². The van der Waals surface area contributed by atoms with Crippen molar-refractivity contribution < 1.29 is 14.3 Å². The largest absolute Gasteiger partial charge is 0.497 e. The molecule has 1 aliphatic heterocycles. The van der Waals surface area contributed by atoms with Crippen molar-refractivity contribution in [3.63, 3.8) is 0 Å². The van der Waals surface area contributed by atoms with Gasteiger partial charge in [-0.2, -0.15) is 0 Å². The smallest absolute Gasteiger partial charge is 0.225 e. The molecule has 6 heteroatoms. The molecular weight excluding hydrogens is 304 g/mol. The molecule has 1 saturated heterocycles. The van der Waals surface area contributed by atoms with Crippen LogP contribution in [0.3, 0.4) is 0 Å². The molecule has 0 aromatic heterocycles. The fourth-order valence-corrected chi connectivity index (χ4v) is 2.53. The van der Waals surface area contributed by atoms with E-state index in [-0.39, 0.29) is 24.2 Å². The topological polar surface area (TPSA) is 50.8 Å². The van der Waals surface area contributed by atoms with E-state index in [0.717, 1.165) is 30.2 Å². The summed E-state index contributed by atoms with van der Waals surface area (Å²) in [7, 11) is 5.09. The number of amides is 1. The van der Waals surface area contributed by atoms with Gasteiger partial charge in [0, 0.05) is 31.1 Å². The average Bonchev–Trinajstić information content (AvgIpc) is 2.44. The summed E-state index contributed by atoms with van der Waals surface area (Å²) in [4.78, 5) is 14.2. The van der Waals surface area contributed by atoms with Gasteiger partial charge in [0.15, 0.2) is 0 Å². The van der Waals surface area contributed by atoms with E-state index in [4.69, 9.17) is 9.47 Å². The van der Waals surface area contributed by atoms with Crippen LogP contribution in [-0.4, -0.2) is 45.2 Å². The SMILES string of the molecule is COc1ccc(CN(C)C(=O)C(C)C2CNC2)c(OC)c1.Cl. The van der Waals surface area contributed by atoms with Gasteiger partial charge in [-0.1, -0.05) is 6.92 Å². The fraction of sp³-hybridized carbons (Fsp3) is 0.562. The van der Waals surface area contributed by atoms with Crippen LogP contribution in [-0.2, 0) is 11.3 Å². The maximum Gasteiger partial charge on any atom is 0.225 e. The number of hydrogen-bond acceptors (Lipinski definition) is 4. The van der Waals surface area contributed by atoms with E-state index in [1.807, 2.05) is 32.2 Å². The zero-order valence-corrected chi connectivity index (χ0v) is 14.4. The Hall–Kier alpha value is -1.46. The molecule has 0 saturated carbocycles. The van der Waals surface area contributed by atoms with E-state index in [1.54, 1.807) is 19.1 Å². The van der Waals surface area contributed by atoms with Crippen molar-refractivity contribution in [1.82, 2.24) is 10.2 Å². The molecule has 1 atom stereocenters. The highest BCUT2D eigenvalue weighted by Crippen LogP contribution is 2.26. The summed E-state index contributed by atoms with van der Waals surface area (Å²) >= 11 is 0. The Bertz CT molecular complexity index is 506. The maximum absolute atomic E-state index is 12.4. The van der Waals surface area contributed by atoms with Crippen LogP contribution in [0.1, 0.15) is 12.5 Å². The summed E-state index contributed by atoms with van der Waals surface area (Å²) in [5.41, 5.74) is 0.980. The minimum absolute atomic E-state index is 0. The van der Waals surface area contributed by atoms with Crippen molar-refractivity contribution in [3.8, 4) is 11.5 Å². The Morgan fingerprint density at radius 2 is 2.05 bits per heavy atom. The van der Waals surface area contributed by atoms with Gasteiger partial charge in [-0.25, -0.2) is 0 Å². The Kier molecular flexibility index (Phi) is 6.97. The van der Waals surface area contributed by atoms with Gasteiger partial charge in [-0.3, -0.25) is 4.79 Å². The van der Waals surface area contributed by atoms with Crippen LogP contribution in [0, 0.1) is 11.8 Å². The second-order valence-corrected chi connectivity index (χ2v) is 5.58. The molecule has 1 N–H and O–H groups in total. The van der Waals surface area contributed by atoms with Gasteiger partial charge in [0.1, 0.15) is 11.5 Å². The monoisotopic (exact) mass is 328 g/mol. The van der Waals surface area contributed by atoms with Gasteiger partial charge in [0.25, 0.3) is 0 Å². The Balaban J connectivity index is 0.00000242. The Labute approximate surface area is 138 Å². The second-order valence-electron chi connectivity index (χ2n) is 5.58. The number of benzene rings is 1. The van der Waals surface area contributed by atoms with Crippen molar-refractivity contribution in [2.45, 2.75) is 13.5 Å². The number of rotatable bonds is 6. The van der Waals surface area contributed by atoms with E-state index in [1.165, 1.54) is 0 Å². The molecular formula is C16H25ClN2O3. The molecule has 124 valence electrons. The van der Waals surface area contributed by atoms with E-state index < -0.39 is 0 Å². The first-order chi connectivity index (χ1) is 10.1. The highest BCUT2D eigenvalue weighted by Gasteiger charge is 2.30. The molecule has 0 bridgehead atoms. The molecule has 1 heterocycles. The van der Waals surface area contributed by atoms with Crippen LogP contribution < -0.4 is 14.8 Å². The van der Waals surface area contributed by atoms with Crippen LogP contribution >= 0.6 is 12.4 Å². The van der Waals surface area contributed by atoms with Crippen LogP contribution in [0.4, 0.5) is 0 Å². The standard InChI is InChI=1S/C16H24N2O3.ClH/c1-11(13-8-17-9-13)16(19)18(2)10-12-5-6-14(20-3)7-15(12)21-4;/h5-7,11,13,17H,8-10H2,1-4H3;1H. The van der Waals surface area contributed by atoms with E-state index in [2.05, 4.69) is 5.32 Å². The first-order valence-electron chi connectivity index (χ1n) is 7.23. The molecule has 1 aromatic rings. The zero-order chi connectivity index (χ0) is 15.4. The van der Waals surface area contributed by atoms with E-state index in [0.29, 0.717) is 12.5 Å². The van der Waals surface area contributed by atoms with Crippen LogP contribution in [0.25, 0.3) is 0 Å². The lowest BCUT2D eigenvalue weighted by Gasteiger charge is -2.34. The molecule has 1 aromatic carbocycles. The lowest BCUT2D eigenvalue weighted by Crippen LogP contribution is -2.49. The van der Waals surface area contributed by atoms with Gasteiger partial charge in [-0.15, -0.1) is 12.4 Å². The third-order valence-electron chi connectivity index (χ3n) is 4.19. The fourth-order valence-electron chi connectivity index (χ4n) is 2.53. The van der Waals surface area contributed by atoms with Gasteiger partial charge in [-0.05, 0) is 31.1 Å². The second kappa shape index (κ2) is 8.25. The van der Waals surface area contributed by atoms with Gasteiger partial charge in [0.05, 0.1) is 14.2 Å². The van der Waals surface area contributed by atoms with Crippen LogP contribution in [0.15, 0.2) is 18.2 Å². The minimum atomic E-state index is 0. The quantitative estimate of drug-likeness (QED) is 0.867. The summed E-state index contributed by atoms with van der Waals surface area (Å²) < 4.78 is 10.6. The predicted octanol–water partition coefficient (Wildman–Crippen LogP) is 1.94. The average molecular weight is 329 g/mol. The minimum Gasteiger partial charge on any atom is -0.497 e. The molecule has 1 fully saturated rings. The number of ether oxygens (including phenoxy) is 2. The number of nitrogens with zero attached hydrogens (tertiary/aromatic N) is 1. The third-order valence-corrected chi connectivity index (χ3v) is 4.19. The number of carbonyl (C=O) groups excluding carboxylic acids is 1. The predicted molar refractivity (Wildman–Crippen MR) is 88.8 cm³/mol. The molecule has 0 aliphatic carbocycles. The van der Waals surface area contributed by atoms with Gasteiger partial charge >= 0.3 is 0 Å². The van der Waals surface area contributed by atoms with Crippen molar-refractivity contribution in [2.75, 3.05) is 34.4 Å². The van der Waals surface area contributed by atoms with Crippen molar-refractivity contribution in [2.24, 2.45) is 11.8 Å². The number of carbonyl (C=O) groups is 1. The molecule has 0 radical (unpaired) electrons. The molecule has 1 unspecified atom stereocenters. The molecule has 22 heavy (non-hydrogen) atoms. The number of halogens is 1. The van der Waals surface area contributed by atoms with Gasteiger partial charge in [0.2, 0.25) is 5.91 Å². The summed E-state index contributed by atoms with van der Waals surface area (Å²) in [6, 6.07) is 5.67. The highest BCUT2D eigenvalue weighted by atomic mass is 35.5. The summed E-state index contributed by atoms with van der Waals surface area (Å²) in [5, 5.41) is 3.21. The Morgan fingerprint density at radius 1 is 1.36 bits per heavy atom. The van der Waals surface area contributed by atoms with E-state index in [9.17, 15) is 4.79 Å². The van der Waals surface area contributed by atoms with Crippen molar-refractivity contribution in [1.29, 1.82) is 0 Å². The lowest BCUT2D eigenvalue weighted by atomic mass is 9.88. The summed E-state index contributed by atoms with van der Waals surface area (Å²) in [6.45, 7) is 4.42. The highest BCUT2D eigenvalue weighted by molar-refractivity contribution is 5.85. The number of nitrogens with one attached hydrogen (secondary N) is 1. The number of methoxy groups -OCH3 is 2. The molecule has 5 nitrogen and oxygen atoms in total. The van der Waals surface area contributed by atoms with Gasteiger partial charge < -0.3 is 19.7 Å². The first-order valence-corrected chi connectivity index (χ1v) is 7.23. The lowest BCUT2D eigenvalue weighted by molar-refractivity contribution is -0.136. The third kappa shape index (κ3) is 4.05. The Morgan fingerprint density at radius 3 is 2.55 bits per heavy atom. The van der Waals surface area contributed by atoms with E-state index >= 15 is 0 Å². The number of hydrogen-bond donors (Lipinski definition) is 1. The van der Waals surface area contributed by atoms with Crippen LogP contribution in [0.2, 0.25) is 0 Å².